The van der Waals surface area contributed by atoms with Crippen molar-refractivity contribution in [1.82, 2.24) is 0 Å². The second-order valence-corrected chi connectivity index (χ2v) is 4.38. The summed E-state index contributed by atoms with van der Waals surface area (Å²) in [7, 11) is 1.62. The van der Waals surface area contributed by atoms with Crippen LogP contribution >= 0.6 is 0 Å². The molecule has 0 amide bonds. The summed E-state index contributed by atoms with van der Waals surface area (Å²) in [4.78, 5) is 12.0. The highest BCUT2D eigenvalue weighted by Crippen LogP contribution is 2.54. The van der Waals surface area contributed by atoms with Crippen LogP contribution in [0, 0.1) is 0 Å². The molecule has 3 unspecified atom stereocenters. The van der Waals surface area contributed by atoms with Crippen molar-refractivity contribution >= 4 is 5.97 Å². The predicted octanol–water partition coefficient (Wildman–Crippen LogP) is 1.91. The first kappa shape index (κ1) is 13.5. The highest BCUT2D eigenvalue weighted by molar-refractivity contribution is 5.85. The number of epoxide rings is 1. The Balaban J connectivity index is 2.83. The van der Waals surface area contributed by atoms with Crippen LogP contribution in [-0.4, -0.2) is 37.0 Å². The summed E-state index contributed by atoms with van der Waals surface area (Å²) in [6.07, 6.45) is 1.43. The van der Waals surface area contributed by atoms with Gasteiger partial charge in [0.15, 0.2) is 5.60 Å². The van der Waals surface area contributed by atoms with Crippen LogP contribution in [0.25, 0.3) is 0 Å². The highest BCUT2D eigenvalue weighted by Gasteiger charge is 2.74. The topological polar surface area (TPSA) is 48.1 Å². The first-order chi connectivity index (χ1) is 7.48. The van der Waals surface area contributed by atoms with Gasteiger partial charge >= 0.3 is 5.97 Å². The summed E-state index contributed by atoms with van der Waals surface area (Å²) in [6, 6.07) is 0. The number of rotatable bonds is 6. The Morgan fingerprint density at radius 1 is 1.44 bits per heavy atom. The lowest BCUT2D eigenvalue weighted by atomic mass is 9.86. The lowest BCUT2D eigenvalue weighted by Gasteiger charge is -2.19. The Morgan fingerprint density at radius 2 is 2.06 bits per heavy atom. The molecule has 0 aromatic carbocycles. The first-order valence-corrected chi connectivity index (χ1v) is 5.88. The number of esters is 1. The number of ether oxygens (including phenoxy) is 3. The average molecular weight is 230 g/mol. The van der Waals surface area contributed by atoms with Crippen LogP contribution in [0.2, 0.25) is 0 Å². The predicted molar refractivity (Wildman–Crippen MR) is 60.2 cm³/mol. The summed E-state index contributed by atoms with van der Waals surface area (Å²) < 4.78 is 16.1. The van der Waals surface area contributed by atoms with Crippen LogP contribution in [0.3, 0.4) is 0 Å². The van der Waals surface area contributed by atoms with E-state index in [4.69, 9.17) is 14.2 Å². The number of hydrogen-bond acceptors (Lipinski definition) is 4. The number of carbonyl (C=O) groups excluding carboxylic acids is 1. The van der Waals surface area contributed by atoms with Gasteiger partial charge in [0.25, 0.3) is 0 Å². The molecular formula is C12H22O4. The average Bonchev–Trinajstić information content (AvgIpc) is 2.87. The van der Waals surface area contributed by atoms with E-state index >= 15 is 0 Å². The van der Waals surface area contributed by atoms with Crippen LogP contribution in [0.1, 0.15) is 40.5 Å². The van der Waals surface area contributed by atoms with E-state index in [1.807, 2.05) is 20.8 Å². The summed E-state index contributed by atoms with van der Waals surface area (Å²) in [6.45, 7) is 8.03. The zero-order valence-electron chi connectivity index (χ0n) is 10.8. The third-order valence-electron chi connectivity index (χ3n) is 3.48. The van der Waals surface area contributed by atoms with Gasteiger partial charge < -0.3 is 14.2 Å². The maximum atomic E-state index is 12.0. The zero-order chi connectivity index (χ0) is 12.4. The zero-order valence-corrected chi connectivity index (χ0v) is 10.8. The van der Waals surface area contributed by atoms with Gasteiger partial charge in [0.2, 0.25) is 0 Å². The summed E-state index contributed by atoms with van der Waals surface area (Å²) >= 11 is 0. The van der Waals surface area contributed by atoms with Crippen LogP contribution in [0.4, 0.5) is 0 Å². The quantitative estimate of drug-likeness (QED) is 0.516. The van der Waals surface area contributed by atoms with Gasteiger partial charge in [-0.25, -0.2) is 4.79 Å². The fourth-order valence-corrected chi connectivity index (χ4v) is 2.22. The standard InChI is InChI=1S/C12H22O4/c1-6-8-12(10(13)15-7-2)11(4,16-12)9(3)14-5/h9H,6-8H2,1-5H3. The van der Waals surface area contributed by atoms with Gasteiger partial charge in [-0.3, -0.25) is 0 Å². The molecule has 0 N–H and O–H groups in total. The van der Waals surface area contributed by atoms with Crippen molar-refractivity contribution in [2.45, 2.75) is 57.8 Å². The molecular weight excluding hydrogens is 208 g/mol. The van der Waals surface area contributed by atoms with Crippen molar-refractivity contribution in [2.75, 3.05) is 13.7 Å². The minimum atomic E-state index is -0.798. The van der Waals surface area contributed by atoms with E-state index in [1.165, 1.54) is 0 Å². The smallest absolute Gasteiger partial charge is 0.341 e. The normalized spacial score (nSPS) is 34.6. The molecule has 1 aliphatic rings. The van der Waals surface area contributed by atoms with Gasteiger partial charge in [-0.05, 0) is 27.2 Å². The van der Waals surface area contributed by atoms with Gasteiger partial charge in [-0.1, -0.05) is 13.3 Å². The monoisotopic (exact) mass is 230 g/mol. The van der Waals surface area contributed by atoms with E-state index < -0.39 is 11.2 Å². The van der Waals surface area contributed by atoms with Gasteiger partial charge in [-0.15, -0.1) is 0 Å². The minimum Gasteiger partial charge on any atom is -0.464 e. The summed E-state index contributed by atoms with van der Waals surface area (Å²) in [5, 5.41) is 0. The molecule has 0 aromatic rings. The van der Waals surface area contributed by atoms with Crippen LogP contribution in [0.15, 0.2) is 0 Å². The molecule has 16 heavy (non-hydrogen) atoms. The molecule has 4 nitrogen and oxygen atoms in total. The van der Waals surface area contributed by atoms with E-state index in [1.54, 1.807) is 14.0 Å². The van der Waals surface area contributed by atoms with Gasteiger partial charge in [0.05, 0.1) is 12.7 Å². The molecule has 1 aliphatic heterocycles. The number of hydrogen-bond donors (Lipinski definition) is 0. The van der Waals surface area contributed by atoms with E-state index in [2.05, 4.69) is 0 Å². The first-order valence-electron chi connectivity index (χ1n) is 5.88. The SMILES string of the molecule is CCCC1(C(=O)OCC)OC1(C)C(C)OC. The number of carbonyl (C=O) groups is 1. The Kier molecular flexibility index (Phi) is 3.97. The largest absolute Gasteiger partial charge is 0.464 e. The maximum Gasteiger partial charge on any atom is 0.341 e. The summed E-state index contributed by atoms with van der Waals surface area (Å²) in [5.74, 6) is -0.261. The molecule has 3 atom stereocenters. The Bertz CT molecular complexity index is 266. The van der Waals surface area contributed by atoms with Gasteiger partial charge in [0.1, 0.15) is 5.60 Å². The van der Waals surface area contributed by atoms with Crippen molar-refractivity contribution in [1.29, 1.82) is 0 Å². The maximum absolute atomic E-state index is 12.0. The van der Waals surface area contributed by atoms with Crippen LogP contribution < -0.4 is 0 Å². The van der Waals surface area contributed by atoms with E-state index in [0.29, 0.717) is 13.0 Å². The Morgan fingerprint density at radius 3 is 2.50 bits per heavy atom. The van der Waals surface area contributed by atoms with Crippen molar-refractivity contribution in [3.05, 3.63) is 0 Å². The van der Waals surface area contributed by atoms with Gasteiger partial charge in [0, 0.05) is 7.11 Å². The fraction of sp³-hybridized carbons (Fsp3) is 0.917. The van der Waals surface area contributed by atoms with E-state index in [0.717, 1.165) is 6.42 Å². The van der Waals surface area contributed by atoms with E-state index in [9.17, 15) is 4.79 Å². The minimum absolute atomic E-state index is 0.122. The lowest BCUT2D eigenvalue weighted by molar-refractivity contribution is -0.150. The Hall–Kier alpha value is -0.610. The van der Waals surface area contributed by atoms with Crippen molar-refractivity contribution in [2.24, 2.45) is 0 Å². The summed E-state index contributed by atoms with van der Waals surface area (Å²) in [5.41, 5.74) is -1.35. The molecule has 1 fully saturated rings. The Labute approximate surface area is 97.2 Å². The molecule has 0 saturated carbocycles. The third-order valence-corrected chi connectivity index (χ3v) is 3.48. The molecule has 0 spiro atoms. The third kappa shape index (κ3) is 1.84. The highest BCUT2D eigenvalue weighted by atomic mass is 16.7. The van der Waals surface area contributed by atoms with Crippen molar-refractivity contribution in [3.63, 3.8) is 0 Å². The second kappa shape index (κ2) is 4.72. The molecule has 0 bridgehead atoms. The van der Waals surface area contributed by atoms with Crippen molar-refractivity contribution < 1.29 is 19.0 Å². The molecule has 1 rings (SSSR count). The molecule has 1 saturated heterocycles. The molecule has 0 aromatic heterocycles. The second-order valence-electron chi connectivity index (χ2n) is 4.38. The number of methoxy groups -OCH3 is 1. The van der Waals surface area contributed by atoms with Crippen LogP contribution in [-0.2, 0) is 19.0 Å². The molecule has 0 aliphatic carbocycles. The molecule has 1 heterocycles. The van der Waals surface area contributed by atoms with Crippen LogP contribution in [0.5, 0.6) is 0 Å². The molecule has 0 radical (unpaired) electrons. The molecule has 94 valence electrons. The van der Waals surface area contributed by atoms with E-state index in [-0.39, 0.29) is 12.1 Å². The molecule has 4 heteroatoms. The lowest BCUT2D eigenvalue weighted by Crippen LogP contribution is -2.40. The van der Waals surface area contributed by atoms with Crippen molar-refractivity contribution in [3.8, 4) is 0 Å². The fourth-order valence-electron chi connectivity index (χ4n) is 2.22. The van der Waals surface area contributed by atoms with Gasteiger partial charge in [-0.2, -0.15) is 0 Å².